The van der Waals surface area contributed by atoms with Gasteiger partial charge in [0, 0.05) is 25.7 Å². The maximum absolute atomic E-state index is 11.9. The molecule has 128 valence electrons. The van der Waals surface area contributed by atoms with E-state index in [1.54, 1.807) is 0 Å². The van der Waals surface area contributed by atoms with Crippen molar-refractivity contribution < 1.29 is 19.4 Å². The van der Waals surface area contributed by atoms with Crippen LogP contribution in [0.15, 0.2) is 24.3 Å². The minimum atomic E-state index is -1.12. The molecule has 9 nitrogen and oxygen atoms in total. The molecule has 2 rings (SSSR count). The summed E-state index contributed by atoms with van der Waals surface area (Å²) in [5.41, 5.74) is 1.90. The second-order valence-corrected chi connectivity index (χ2v) is 5.25. The average molecular weight is 333 g/mol. The predicted molar refractivity (Wildman–Crippen MR) is 84.0 cm³/mol. The van der Waals surface area contributed by atoms with Gasteiger partial charge in [0.05, 0.1) is 0 Å². The van der Waals surface area contributed by atoms with Crippen LogP contribution in [-0.4, -0.2) is 56.9 Å². The van der Waals surface area contributed by atoms with Crippen molar-refractivity contribution in [3.05, 3.63) is 29.8 Å². The maximum atomic E-state index is 11.9. The molecule has 0 saturated heterocycles. The maximum Gasteiger partial charge on any atom is 0.326 e. The number of methoxy groups -OCH3 is 1. The molecule has 2 N–H and O–H groups in total. The number of carboxylic acids is 1. The van der Waals surface area contributed by atoms with E-state index in [4.69, 9.17) is 9.84 Å². The number of aromatic nitrogens is 4. The van der Waals surface area contributed by atoms with Crippen molar-refractivity contribution in [1.29, 1.82) is 0 Å². The highest BCUT2D eigenvalue weighted by Gasteiger charge is 2.20. The van der Waals surface area contributed by atoms with E-state index in [0.29, 0.717) is 5.82 Å². The van der Waals surface area contributed by atoms with Gasteiger partial charge in [-0.05, 0) is 12.1 Å². The van der Waals surface area contributed by atoms with Gasteiger partial charge in [0.1, 0.15) is 12.6 Å². The topological polar surface area (TPSA) is 119 Å². The molecule has 0 saturated carbocycles. The first-order valence-corrected chi connectivity index (χ1v) is 7.35. The van der Waals surface area contributed by atoms with Gasteiger partial charge in [-0.3, -0.25) is 4.79 Å². The van der Waals surface area contributed by atoms with Crippen LogP contribution in [0.25, 0.3) is 11.4 Å². The fraction of sp³-hybridized carbons (Fsp3) is 0.400. The van der Waals surface area contributed by atoms with Crippen LogP contribution in [0.1, 0.15) is 12.0 Å². The highest BCUT2D eigenvalue weighted by Crippen LogP contribution is 2.13. The summed E-state index contributed by atoms with van der Waals surface area (Å²) < 4.78 is 4.83. The molecule has 1 atom stereocenters. The monoisotopic (exact) mass is 333 g/mol. The van der Waals surface area contributed by atoms with E-state index in [0.717, 1.165) is 15.9 Å². The molecule has 9 heteroatoms. The van der Waals surface area contributed by atoms with Crippen molar-refractivity contribution >= 4 is 11.9 Å². The van der Waals surface area contributed by atoms with Crippen molar-refractivity contribution in [2.24, 2.45) is 0 Å². The number of amides is 1. The highest BCUT2D eigenvalue weighted by atomic mass is 16.5. The number of rotatable bonds is 8. The van der Waals surface area contributed by atoms with Gasteiger partial charge in [0.25, 0.3) is 0 Å². The SMILES string of the molecule is COCCC(NC(=O)Cn1nnc(-c2ccc(C)cc2)n1)C(=O)O. The Hall–Kier alpha value is -2.81. The summed E-state index contributed by atoms with van der Waals surface area (Å²) >= 11 is 0. The lowest BCUT2D eigenvalue weighted by atomic mass is 10.1. The Labute approximate surface area is 138 Å². The Morgan fingerprint density at radius 1 is 1.33 bits per heavy atom. The molecular weight excluding hydrogens is 314 g/mol. The van der Waals surface area contributed by atoms with Crippen LogP contribution < -0.4 is 5.32 Å². The van der Waals surface area contributed by atoms with Gasteiger partial charge in [-0.2, -0.15) is 4.80 Å². The van der Waals surface area contributed by atoms with Crippen molar-refractivity contribution in [2.45, 2.75) is 25.9 Å². The van der Waals surface area contributed by atoms with Crippen molar-refractivity contribution in [2.75, 3.05) is 13.7 Å². The number of carboxylic acid groups (broad SMARTS) is 1. The van der Waals surface area contributed by atoms with Crippen LogP contribution in [0.4, 0.5) is 0 Å². The number of hydrogen-bond donors (Lipinski definition) is 2. The number of tetrazole rings is 1. The molecule has 0 radical (unpaired) electrons. The number of carbonyl (C=O) groups is 2. The minimum Gasteiger partial charge on any atom is -0.480 e. The van der Waals surface area contributed by atoms with Crippen molar-refractivity contribution in [3.8, 4) is 11.4 Å². The number of aryl methyl sites for hydroxylation is 1. The van der Waals surface area contributed by atoms with E-state index in [9.17, 15) is 9.59 Å². The normalized spacial score (nSPS) is 11.9. The fourth-order valence-corrected chi connectivity index (χ4v) is 1.99. The lowest BCUT2D eigenvalue weighted by Gasteiger charge is -2.13. The molecular formula is C15H19N5O4. The van der Waals surface area contributed by atoms with Crippen molar-refractivity contribution in [1.82, 2.24) is 25.5 Å². The highest BCUT2D eigenvalue weighted by molar-refractivity contribution is 5.83. The Morgan fingerprint density at radius 2 is 2.04 bits per heavy atom. The summed E-state index contributed by atoms with van der Waals surface area (Å²) in [4.78, 5) is 24.2. The summed E-state index contributed by atoms with van der Waals surface area (Å²) in [6.07, 6.45) is 0.178. The number of ether oxygens (including phenoxy) is 1. The number of hydrogen-bond acceptors (Lipinski definition) is 6. The smallest absolute Gasteiger partial charge is 0.326 e. The first-order chi connectivity index (χ1) is 11.5. The van der Waals surface area contributed by atoms with Crippen LogP contribution >= 0.6 is 0 Å². The molecule has 1 unspecified atom stereocenters. The van der Waals surface area contributed by atoms with E-state index in [-0.39, 0.29) is 19.6 Å². The molecule has 0 aliphatic heterocycles. The summed E-state index contributed by atoms with van der Waals surface area (Å²) in [6, 6.07) is 6.56. The average Bonchev–Trinajstić information content (AvgIpc) is 3.00. The van der Waals surface area contributed by atoms with Gasteiger partial charge in [0.15, 0.2) is 0 Å². The molecule has 0 spiro atoms. The number of benzene rings is 1. The number of carbonyl (C=O) groups excluding carboxylic acids is 1. The van der Waals surface area contributed by atoms with E-state index >= 15 is 0 Å². The third kappa shape index (κ3) is 4.85. The van der Waals surface area contributed by atoms with Crippen LogP contribution in [0.3, 0.4) is 0 Å². The van der Waals surface area contributed by atoms with Crippen LogP contribution in [0.2, 0.25) is 0 Å². The molecule has 1 heterocycles. The summed E-state index contributed by atoms with van der Waals surface area (Å²) in [5, 5.41) is 23.3. The standard InChI is InChI=1S/C15H19N5O4/c1-10-3-5-11(6-4-10)14-17-19-20(18-14)9-13(21)16-12(15(22)23)7-8-24-2/h3-6,12H,7-9H2,1-2H3,(H,16,21)(H,22,23). The zero-order valence-electron chi connectivity index (χ0n) is 13.5. The van der Waals surface area contributed by atoms with E-state index in [1.165, 1.54) is 7.11 Å². The molecule has 0 bridgehead atoms. The Kier molecular flexibility index (Phi) is 5.96. The largest absolute Gasteiger partial charge is 0.480 e. The van der Waals surface area contributed by atoms with Gasteiger partial charge < -0.3 is 15.2 Å². The Morgan fingerprint density at radius 3 is 2.67 bits per heavy atom. The number of aliphatic carboxylic acids is 1. The quantitative estimate of drug-likeness (QED) is 0.711. The number of nitrogens with one attached hydrogen (secondary N) is 1. The molecule has 1 amide bonds. The second kappa shape index (κ2) is 8.16. The van der Waals surface area contributed by atoms with Crippen LogP contribution in [-0.2, 0) is 20.9 Å². The summed E-state index contributed by atoms with van der Waals surface area (Å²) in [6.45, 7) is 1.99. The van der Waals surface area contributed by atoms with Gasteiger partial charge in [0.2, 0.25) is 11.7 Å². The molecule has 24 heavy (non-hydrogen) atoms. The molecule has 0 aliphatic carbocycles. The lowest BCUT2D eigenvalue weighted by Crippen LogP contribution is -2.43. The molecule has 2 aromatic rings. The zero-order chi connectivity index (χ0) is 17.5. The van der Waals surface area contributed by atoms with Crippen LogP contribution in [0, 0.1) is 6.92 Å². The van der Waals surface area contributed by atoms with Gasteiger partial charge in [-0.1, -0.05) is 29.8 Å². The first kappa shape index (κ1) is 17.5. The molecule has 1 aromatic heterocycles. The molecule has 0 aliphatic rings. The summed E-state index contributed by atoms with van der Waals surface area (Å²) in [5.74, 6) is -1.23. The first-order valence-electron chi connectivity index (χ1n) is 7.35. The third-order valence-electron chi connectivity index (χ3n) is 3.29. The van der Waals surface area contributed by atoms with Gasteiger partial charge in [-0.25, -0.2) is 4.79 Å². The van der Waals surface area contributed by atoms with E-state index in [1.807, 2.05) is 31.2 Å². The zero-order valence-corrected chi connectivity index (χ0v) is 13.5. The Bertz CT molecular complexity index is 698. The van der Waals surface area contributed by atoms with E-state index < -0.39 is 17.9 Å². The van der Waals surface area contributed by atoms with Gasteiger partial charge in [-0.15, -0.1) is 10.2 Å². The predicted octanol–water partition coefficient (Wildman–Crippen LogP) is 0.254. The van der Waals surface area contributed by atoms with Gasteiger partial charge >= 0.3 is 5.97 Å². The Balaban J connectivity index is 1.97. The van der Waals surface area contributed by atoms with E-state index in [2.05, 4.69) is 20.7 Å². The van der Waals surface area contributed by atoms with Crippen LogP contribution in [0.5, 0.6) is 0 Å². The molecule has 1 aromatic carbocycles. The molecule has 0 fully saturated rings. The third-order valence-corrected chi connectivity index (χ3v) is 3.29. The number of nitrogens with zero attached hydrogens (tertiary/aromatic N) is 4. The lowest BCUT2D eigenvalue weighted by molar-refractivity contribution is -0.142. The second-order valence-electron chi connectivity index (χ2n) is 5.25. The van der Waals surface area contributed by atoms with Crippen molar-refractivity contribution in [3.63, 3.8) is 0 Å². The minimum absolute atomic E-state index is 0.178. The fourth-order valence-electron chi connectivity index (χ4n) is 1.99. The summed E-state index contributed by atoms with van der Waals surface area (Å²) in [7, 11) is 1.46.